The molecule has 1 aromatic carbocycles. The van der Waals surface area contributed by atoms with Crippen molar-refractivity contribution in [2.24, 2.45) is 0 Å². The van der Waals surface area contributed by atoms with Crippen molar-refractivity contribution in [3.8, 4) is 0 Å². The number of benzene rings is 1. The monoisotopic (exact) mass is 286 g/mol. The van der Waals surface area contributed by atoms with Crippen molar-refractivity contribution in [3.63, 3.8) is 0 Å². The molecular formula is C14H15FN6. The van der Waals surface area contributed by atoms with Crippen LogP contribution in [0.3, 0.4) is 0 Å². The Hall–Kier alpha value is -2.57. The summed E-state index contributed by atoms with van der Waals surface area (Å²) >= 11 is 0. The van der Waals surface area contributed by atoms with Crippen molar-refractivity contribution in [1.29, 1.82) is 0 Å². The van der Waals surface area contributed by atoms with E-state index in [1.807, 2.05) is 4.57 Å². The lowest BCUT2D eigenvalue weighted by Gasteiger charge is -2.08. The summed E-state index contributed by atoms with van der Waals surface area (Å²) in [6, 6.07) is 4.51. The minimum atomic E-state index is -0.284. The highest BCUT2D eigenvalue weighted by atomic mass is 19.1. The summed E-state index contributed by atoms with van der Waals surface area (Å²) in [5.74, 6) is 0.386. The Kier molecular flexibility index (Phi) is 3.99. The molecule has 2 heterocycles. The molecule has 0 spiro atoms. The third-order valence-corrected chi connectivity index (χ3v) is 3.20. The minimum absolute atomic E-state index is 0.284. The zero-order valence-electron chi connectivity index (χ0n) is 11.4. The Morgan fingerprint density at radius 3 is 2.81 bits per heavy atom. The number of nitrogens with one attached hydrogen (secondary N) is 1. The van der Waals surface area contributed by atoms with Gasteiger partial charge in [-0.1, -0.05) is 0 Å². The fourth-order valence-corrected chi connectivity index (χ4v) is 2.13. The SMILES string of the molecule is Fc1ccc2ncnc(NCCCCn3cnnc3)c2c1. The predicted octanol–water partition coefficient (Wildman–Crippen LogP) is 2.25. The van der Waals surface area contributed by atoms with Gasteiger partial charge in [-0.3, -0.25) is 0 Å². The molecule has 1 N–H and O–H groups in total. The second-order valence-electron chi connectivity index (χ2n) is 4.72. The van der Waals surface area contributed by atoms with Crippen molar-refractivity contribution in [1.82, 2.24) is 24.7 Å². The van der Waals surface area contributed by atoms with E-state index in [2.05, 4.69) is 25.5 Å². The Balaban J connectivity index is 1.56. The van der Waals surface area contributed by atoms with E-state index >= 15 is 0 Å². The molecule has 21 heavy (non-hydrogen) atoms. The van der Waals surface area contributed by atoms with Crippen LogP contribution in [0, 0.1) is 5.82 Å². The van der Waals surface area contributed by atoms with E-state index in [0.29, 0.717) is 11.2 Å². The zero-order valence-corrected chi connectivity index (χ0v) is 11.4. The third kappa shape index (κ3) is 3.31. The van der Waals surface area contributed by atoms with Crippen LogP contribution >= 0.6 is 0 Å². The van der Waals surface area contributed by atoms with Gasteiger partial charge in [-0.25, -0.2) is 14.4 Å². The average molecular weight is 286 g/mol. The number of fused-ring (bicyclic) bond motifs is 1. The summed E-state index contributed by atoms with van der Waals surface area (Å²) in [6.07, 6.45) is 6.86. The van der Waals surface area contributed by atoms with Gasteiger partial charge in [0.15, 0.2) is 0 Å². The van der Waals surface area contributed by atoms with E-state index in [1.165, 1.54) is 18.5 Å². The Morgan fingerprint density at radius 2 is 1.95 bits per heavy atom. The molecule has 6 nitrogen and oxygen atoms in total. The van der Waals surface area contributed by atoms with Crippen LogP contribution in [0.15, 0.2) is 37.2 Å². The molecule has 0 bridgehead atoms. The van der Waals surface area contributed by atoms with E-state index in [4.69, 9.17) is 0 Å². The maximum atomic E-state index is 13.3. The van der Waals surface area contributed by atoms with Gasteiger partial charge in [-0.15, -0.1) is 10.2 Å². The number of aromatic nitrogens is 5. The lowest BCUT2D eigenvalue weighted by Crippen LogP contribution is -2.06. The van der Waals surface area contributed by atoms with Crippen LogP contribution in [-0.4, -0.2) is 31.3 Å². The number of aryl methyl sites for hydroxylation is 1. The number of anilines is 1. The van der Waals surface area contributed by atoms with Crippen LogP contribution in [0.4, 0.5) is 10.2 Å². The molecule has 3 rings (SSSR count). The molecule has 0 unspecified atom stereocenters. The van der Waals surface area contributed by atoms with Crippen molar-refractivity contribution in [2.75, 3.05) is 11.9 Å². The van der Waals surface area contributed by atoms with Gasteiger partial charge in [-0.2, -0.15) is 0 Å². The number of rotatable bonds is 6. The van der Waals surface area contributed by atoms with E-state index in [9.17, 15) is 4.39 Å². The van der Waals surface area contributed by atoms with Crippen LogP contribution in [0.5, 0.6) is 0 Å². The summed E-state index contributed by atoms with van der Waals surface area (Å²) < 4.78 is 15.3. The Labute approximate surface area is 121 Å². The second-order valence-corrected chi connectivity index (χ2v) is 4.72. The molecular weight excluding hydrogens is 271 g/mol. The van der Waals surface area contributed by atoms with Crippen LogP contribution in [-0.2, 0) is 6.54 Å². The van der Waals surface area contributed by atoms with Crippen LogP contribution in [0.25, 0.3) is 10.9 Å². The largest absolute Gasteiger partial charge is 0.369 e. The Bertz CT molecular complexity index is 713. The van der Waals surface area contributed by atoms with E-state index < -0.39 is 0 Å². The number of hydrogen-bond acceptors (Lipinski definition) is 5. The summed E-state index contributed by atoms with van der Waals surface area (Å²) in [5.41, 5.74) is 0.735. The maximum absolute atomic E-state index is 13.3. The van der Waals surface area contributed by atoms with Crippen molar-refractivity contribution >= 4 is 16.7 Å². The Morgan fingerprint density at radius 1 is 1.10 bits per heavy atom. The van der Waals surface area contributed by atoms with Crippen LogP contribution < -0.4 is 5.32 Å². The molecule has 3 aromatic rings. The van der Waals surface area contributed by atoms with Gasteiger partial charge in [-0.05, 0) is 31.0 Å². The number of unbranched alkanes of at least 4 members (excludes halogenated alkanes) is 1. The predicted molar refractivity (Wildman–Crippen MR) is 77.2 cm³/mol. The first kappa shape index (κ1) is 13.4. The lowest BCUT2D eigenvalue weighted by molar-refractivity contribution is 0.619. The maximum Gasteiger partial charge on any atom is 0.137 e. The van der Waals surface area contributed by atoms with Gasteiger partial charge in [0.05, 0.1) is 5.52 Å². The highest BCUT2D eigenvalue weighted by Crippen LogP contribution is 2.19. The molecule has 0 aliphatic carbocycles. The molecule has 0 atom stereocenters. The second kappa shape index (κ2) is 6.25. The van der Waals surface area contributed by atoms with Gasteiger partial charge in [0.25, 0.3) is 0 Å². The van der Waals surface area contributed by atoms with E-state index in [0.717, 1.165) is 31.4 Å². The normalized spacial score (nSPS) is 10.9. The fraction of sp³-hybridized carbons (Fsp3) is 0.286. The molecule has 0 aliphatic heterocycles. The molecule has 0 saturated heterocycles. The van der Waals surface area contributed by atoms with Crippen LogP contribution in [0.2, 0.25) is 0 Å². The molecule has 7 heteroatoms. The topological polar surface area (TPSA) is 68.5 Å². The first-order chi connectivity index (χ1) is 10.3. The van der Waals surface area contributed by atoms with Gasteiger partial charge in [0.1, 0.15) is 30.6 Å². The minimum Gasteiger partial charge on any atom is -0.369 e. The van der Waals surface area contributed by atoms with Crippen LogP contribution in [0.1, 0.15) is 12.8 Å². The quantitative estimate of drug-likeness (QED) is 0.704. The zero-order chi connectivity index (χ0) is 14.5. The van der Waals surface area contributed by atoms with Crippen molar-refractivity contribution in [3.05, 3.63) is 43.0 Å². The molecule has 0 radical (unpaired) electrons. The fourth-order valence-electron chi connectivity index (χ4n) is 2.13. The first-order valence-corrected chi connectivity index (χ1v) is 6.79. The number of hydrogen-bond donors (Lipinski definition) is 1. The molecule has 0 fully saturated rings. The van der Waals surface area contributed by atoms with Gasteiger partial charge in [0, 0.05) is 18.5 Å². The smallest absolute Gasteiger partial charge is 0.137 e. The molecule has 0 aliphatic rings. The molecule has 0 amide bonds. The van der Waals surface area contributed by atoms with Crippen molar-refractivity contribution in [2.45, 2.75) is 19.4 Å². The summed E-state index contributed by atoms with van der Waals surface area (Å²) in [4.78, 5) is 8.31. The van der Waals surface area contributed by atoms with E-state index in [1.54, 1.807) is 18.7 Å². The van der Waals surface area contributed by atoms with Gasteiger partial charge < -0.3 is 9.88 Å². The number of nitrogens with zero attached hydrogens (tertiary/aromatic N) is 5. The highest BCUT2D eigenvalue weighted by molar-refractivity contribution is 5.88. The summed E-state index contributed by atoms with van der Waals surface area (Å²) in [5, 5.41) is 11.5. The molecule has 2 aromatic heterocycles. The molecule has 0 saturated carbocycles. The average Bonchev–Trinajstić information content (AvgIpc) is 3.00. The summed E-state index contributed by atoms with van der Waals surface area (Å²) in [6.45, 7) is 1.65. The van der Waals surface area contributed by atoms with E-state index in [-0.39, 0.29) is 5.82 Å². The highest BCUT2D eigenvalue weighted by Gasteiger charge is 2.04. The molecule has 108 valence electrons. The first-order valence-electron chi connectivity index (χ1n) is 6.79. The van der Waals surface area contributed by atoms with Gasteiger partial charge in [0.2, 0.25) is 0 Å². The van der Waals surface area contributed by atoms with Crippen molar-refractivity contribution < 1.29 is 4.39 Å². The summed E-state index contributed by atoms with van der Waals surface area (Å²) in [7, 11) is 0. The third-order valence-electron chi connectivity index (χ3n) is 3.20. The lowest BCUT2D eigenvalue weighted by atomic mass is 10.2. The standard InChI is InChI=1S/C14H15FN6/c15-11-3-4-13-12(7-11)14(18-8-17-13)16-5-1-2-6-21-9-19-20-10-21/h3-4,7-10H,1-2,5-6H2,(H,16,17,18). The number of halogens is 1. The van der Waals surface area contributed by atoms with Gasteiger partial charge >= 0.3 is 0 Å².